The molecular weight excluding hydrogens is 773 g/mol. The molecule has 2 aliphatic heterocycles. The third-order valence-electron chi connectivity index (χ3n) is 11.4. The van der Waals surface area contributed by atoms with Crippen molar-refractivity contribution in [1.29, 1.82) is 0 Å². The Morgan fingerprint density at radius 2 is 1.33 bits per heavy atom. The molecule has 0 fully saturated rings. The Hall–Kier alpha value is -6.83. The van der Waals surface area contributed by atoms with Gasteiger partial charge in [0.1, 0.15) is 12.1 Å². The fourth-order valence-corrected chi connectivity index (χ4v) is 7.97. The van der Waals surface area contributed by atoms with Gasteiger partial charge in [-0.25, -0.2) is 19.7 Å². The van der Waals surface area contributed by atoms with E-state index >= 15 is 0 Å². The second kappa shape index (κ2) is 18.6. The third kappa shape index (κ3) is 9.64. The highest BCUT2D eigenvalue weighted by atomic mass is 16.5. The van der Waals surface area contributed by atoms with E-state index in [0.717, 1.165) is 66.6 Å². The Balaban J connectivity index is 1.41. The van der Waals surface area contributed by atoms with Crippen molar-refractivity contribution in [2.24, 2.45) is 5.92 Å². The number of amides is 2. The van der Waals surface area contributed by atoms with Gasteiger partial charge in [0, 0.05) is 64.3 Å². The number of nitrogens with one attached hydrogen (secondary N) is 5. The number of fused-ring (bicyclic) bond motifs is 8. The quantitative estimate of drug-likeness (QED) is 0.0607. The zero-order valence-electron chi connectivity index (χ0n) is 35.8. The van der Waals surface area contributed by atoms with Crippen molar-refractivity contribution in [3.05, 3.63) is 101 Å². The number of nitrogens with zero attached hydrogens (tertiary/aromatic N) is 3. The van der Waals surface area contributed by atoms with Gasteiger partial charge in [-0.2, -0.15) is 0 Å². The van der Waals surface area contributed by atoms with Crippen LogP contribution < -0.4 is 10.6 Å². The zero-order chi connectivity index (χ0) is 44.1. The number of rotatable bonds is 16. The summed E-state index contributed by atoms with van der Waals surface area (Å²) in [4.78, 5) is 76.2. The number of hydrogen-bond donors (Lipinski definition) is 6. The number of imidazole rings is 1. The standard InChI is InChI=1S/C47H54N8O6/c1-10-30-25(5)34-18-35-27(7)32(12-14-44(56)54-42(16-24(3)4)46(59)55-43(47(60)61-9)17-29-22-48-23-49-29)40(52-35)21-41-33(13-15-45(57)58)28(8)37(53-41)20-39-31(11-2)26(6)36(51-39)19-38(30)50-34/h10-11,18-24,42-43,50-51H,1-2,12-17H2,3-9H3,(H,48,49)(H,54,56)(H,55,59)(H,57,58). The first-order valence-corrected chi connectivity index (χ1v) is 20.4. The average Bonchev–Trinajstić information content (AvgIpc) is 4.02. The van der Waals surface area contributed by atoms with Crippen LogP contribution in [0, 0.1) is 19.8 Å². The van der Waals surface area contributed by atoms with Gasteiger partial charge in [-0.1, -0.05) is 39.2 Å². The molecule has 2 unspecified atom stereocenters. The van der Waals surface area contributed by atoms with Gasteiger partial charge >= 0.3 is 11.9 Å². The number of aliphatic carboxylic acids is 1. The van der Waals surface area contributed by atoms with Crippen molar-refractivity contribution in [3.8, 4) is 0 Å². The van der Waals surface area contributed by atoms with Crippen LogP contribution in [0.2, 0.25) is 0 Å². The van der Waals surface area contributed by atoms with Gasteiger partial charge in [-0.05, 0) is 111 Å². The van der Waals surface area contributed by atoms with Gasteiger partial charge in [-0.15, -0.1) is 0 Å². The molecule has 61 heavy (non-hydrogen) atoms. The van der Waals surface area contributed by atoms with E-state index in [0.29, 0.717) is 34.9 Å². The van der Waals surface area contributed by atoms with Gasteiger partial charge < -0.3 is 35.4 Å². The molecule has 2 atom stereocenters. The number of aryl methyl sites for hydroxylation is 2. The van der Waals surface area contributed by atoms with Crippen LogP contribution in [0.3, 0.4) is 0 Å². The Bertz CT molecular complexity index is 2640. The molecule has 2 aliphatic rings. The lowest BCUT2D eigenvalue weighted by Crippen LogP contribution is -2.52. The molecule has 0 saturated carbocycles. The van der Waals surface area contributed by atoms with Crippen LogP contribution >= 0.6 is 0 Å². The van der Waals surface area contributed by atoms with Crippen LogP contribution in [0.4, 0.5) is 0 Å². The number of carbonyl (C=O) groups is 4. The Morgan fingerprint density at radius 1 is 0.770 bits per heavy atom. The predicted molar refractivity (Wildman–Crippen MR) is 239 cm³/mol. The molecule has 0 saturated heterocycles. The number of hydrogen-bond acceptors (Lipinski definition) is 8. The molecule has 0 aromatic carbocycles. The highest BCUT2D eigenvalue weighted by Gasteiger charge is 2.29. The van der Waals surface area contributed by atoms with Crippen molar-refractivity contribution in [3.63, 3.8) is 0 Å². The molecule has 8 bridgehead atoms. The molecule has 2 amide bonds. The lowest BCUT2D eigenvalue weighted by atomic mass is 9.98. The molecule has 6 rings (SSSR count). The Kier molecular flexibility index (Phi) is 13.3. The lowest BCUT2D eigenvalue weighted by Gasteiger charge is -2.23. The first kappa shape index (κ1) is 43.7. The monoisotopic (exact) mass is 826 g/mol. The lowest BCUT2D eigenvalue weighted by molar-refractivity contribution is -0.145. The summed E-state index contributed by atoms with van der Waals surface area (Å²) in [5.41, 5.74) is 13.8. The topological polar surface area (TPSA) is 208 Å². The summed E-state index contributed by atoms with van der Waals surface area (Å²) >= 11 is 0. The maximum Gasteiger partial charge on any atom is 0.328 e. The molecule has 6 heterocycles. The fourth-order valence-electron chi connectivity index (χ4n) is 7.97. The van der Waals surface area contributed by atoms with Gasteiger partial charge in [-0.3, -0.25) is 14.4 Å². The highest BCUT2D eigenvalue weighted by molar-refractivity contribution is 5.98. The molecule has 0 radical (unpaired) electrons. The van der Waals surface area contributed by atoms with E-state index in [1.54, 1.807) is 6.20 Å². The maximum atomic E-state index is 13.8. The van der Waals surface area contributed by atoms with E-state index in [1.807, 2.05) is 71.9 Å². The van der Waals surface area contributed by atoms with E-state index in [9.17, 15) is 24.3 Å². The molecule has 14 nitrogen and oxygen atoms in total. The minimum Gasteiger partial charge on any atom is -0.481 e. The summed E-state index contributed by atoms with van der Waals surface area (Å²) in [5, 5.41) is 15.4. The van der Waals surface area contributed by atoms with E-state index in [-0.39, 0.29) is 43.9 Å². The average molecular weight is 827 g/mol. The number of methoxy groups -OCH3 is 1. The minimum absolute atomic E-state index is 0.0293. The first-order valence-electron chi connectivity index (χ1n) is 20.4. The summed E-state index contributed by atoms with van der Waals surface area (Å²) in [6, 6.07) is 5.98. The number of carbonyl (C=O) groups excluding carboxylic acids is 3. The van der Waals surface area contributed by atoms with Crippen molar-refractivity contribution in [2.75, 3.05) is 7.11 Å². The number of carboxylic acids is 1. The second-order valence-corrected chi connectivity index (χ2v) is 15.9. The van der Waals surface area contributed by atoms with Gasteiger partial charge in [0.05, 0.1) is 36.2 Å². The number of aromatic amines is 3. The molecule has 4 aromatic rings. The van der Waals surface area contributed by atoms with E-state index in [4.69, 9.17) is 14.7 Å². The van der Waals surface area contributed by atoms with Crippen LogP contribution in [0.25, 0.3) is 56.5 Å². The molecule has 14 heteroatoms. The molecule has 318 valence electrons. The number of H-pyrrole nitrogens is 3. The smallest absolute Gasteiger partial charge is 0.328 e. The Morgan fingerprint density at radius 3 is 1.85 bits per heavy atom. The van der Waals surface area contributed by atoms with Crippen LogP contribution in [-0.4, -0.2) is 78.0 Å². The molecule has 0 aliphatic carbocycles. The van der Waals surface area contributed by atoms with Gasteiger partial charge in [0.15, 0.2) is 0 Å². The van der Waals surface area contributed by atoms with Crippen LogP contribution in [0.1, 0.15) is 111 Å². The van der Waals surface area contributed by atoms with Gasteiger partial charge in [0.25, 0.3) is 0 Å². The predicted octanol–water partition coefficient (Wildman–Crippen LogP) is 7.88. The largest absolute Gasteiger partial charge is 0.481 e. The van der Waals surface area contributed by atoms with Crippen LogP contribution in [0.15, 0.2) is 49.9 Å². The minimum atomic E-state index is -0.992. The molecule has 6 N–H and O–H groups in total. The van der Waals surface area contributed by atoms with Crippen molar-refractivity contribution < 1.29 is 29.0 Å². The Labute approximate surface area is 354 Å². The van der Waals surface area contributed by atoms with Crippen molar-refractivity contribution in [1.82, 2.24) is 40.5 Å². The normalized spacial score (nSPS) is 13.6. The van der Waals surface area contributed by atoms with E-state index < -0.39 is 29.9 Å². The maximum absolute atomic E-state index is 13.8. The third-order valence-corrected chi connectivity index (χ3v) is 11.4. The number of carboxylic acid groups (broad SMARTS) is 1. The molecule has 0 spiro atoms. The van der Waals surface area contributed by atoms with Crippen LogP contribution in [-0.2, 0) is 30.3 Å². The van der Waals surface area contributed by atoms with Crippen molar-refractivity contribution in [2.45, 2.75) is 92.2 Å². The number of ether oxygens (including phenoxy) is 1. The van der Waals surface area contributed by atoms with Crippen molar-refractivity contribution >= 4 is 80.3 Å². The zero-order valence-corrected chi connectivity index (χ0v) is 35.8. The van der Waals surface area contributed by atoms with E-state index in [2.05, 4.69) is 49.8 Å². The SMILES string of the molecule is C=Cc1c(C)c2cc3[nH]c(cc4nc(cc5nc(cc1[nH]2)C(C)=C5CCC(=O)O)C(CCC(=O)NC(CC(C)C)C(=O)NC(Cc1cnc[nH]1)C(=O)OC)=C4C)c(C)c3C=C. The number of allylic oxidation sites excluding steroid dienone is 4. The fraction of sp³-hybridized carbons (Fsp3) is 0.340. The molecular formula is C47H54N8O6. The summed E-state index contributed by atoms with van der Waals surface area (Å²) < 4.78 is 4.96. The van der Waals surface area contributed by atoms with Gasteiger partial charge in [0.2, 0.25) is 11.8 Å². The highest BCUT2D eigenvalue weighted by Crippen LogP contribution is 2.38. The van der Waals surface area contributed by atoms with Crippen LogP contribution in [0.5, 0.6) is 0 Å². The second-order valence-electron chi connectivity index (χ2n) is 15.9. The summed E-state index contributed by atoms with van der Waals surface area (Å²) in [7, 11) is 1.25. The first-order chi connectivity index (χ1) is 29.1. The summed E-state index contributed by atoms with van der Waals surface area (Å²) in [6.45, 7) is 20.1. The summed E-state index contributed by atoms with van der Waals surface area (Å²) in [5.74, 6) is -2.34. The number of esters is 1. The number of aromatic nitrogens is 6. The molecule has 4 aromatic heterocycles. The van der Waals surface area contributed by atoms with E-state index in [1.165, 1.54) is 13.4 Å². The summed E-state index contributed by atoms with van der Waals surface area (Å²) in [6.07, 6.45) is 7.65.